The van der Waals surface area contributed by atoms with Crippen molar-refractivity contribution in [1.29, 1.82) is 0 Å². The molecular formula is C17H18ClN3O3S. The number of hydrogen-bond acceptors (Lipinski definition) is 5. The van der Waals surface area contributed by atoms with Crippen molar-refractivity contribution in [3.8, 4) is 0 Å². The minimum Gasteiger partial charge on any atom is -0.339 e. The lowest BCUT2D eigenvalue weighted by Crippen LogP contribution is -2.37. The van der Waals surface area contributed by atoms with Crippen LogP contribution in [0.1, 0.15) is 16.8 Å². The summed E-state index contributed by atoms with van der Waals surface area (Å²) in [6, 6.07) is 10.4. The number of carbonyl (C=O) groups is 1. The Hall–Kier alpha value is -2.12. The Morgan fingerprint density at radius 1 is 1.28 bits per heavy atom. The van der Waals surface area contributed by atoms with Crippen molar-refractivity contribution in [1.82, 2.24) is 9.88 Å². The van der Waals surface area contributed by atoms with E-state index in [1.165, 1.54) is 11.1 Å². The zero-order valence-corrected chi connectivity index (χ0v) is 15.2. The lowest BCUT2D eigenvalue weighted by molar-refractivity contribution is 0.0747. The SMILES string of the molecule is CN(C(=O)c1ccc(Nc2ccccc2Cl)nc1)C1CCS(=O)(=O)C1. The van der Waals surface area contributed by atoms with Crippen molar-refractivity contribution in [2.24, 2.45) is 0 Å². The molecule has 2 aromatic rings. The van der Waals surface area contributed by atoms with Crippen LogP contribution in [-0.2, 0) is 9.84 Å². The Kier molecular flexibility index (Phi) is 4.96. The van der Waals surface area contributed by atoms with Gasteiger partial charge >= 0.3 is 0 Å². The van der Waals surface area contributed by atoms with Gasteiger partial charge in [-0.1, -0.05) is 23.7 Å². The first-order valence-electron chi connectivity index (χ1n) is 7.81. The molecule has 0 saturated carbocycles. The number of pyridine rings is 1. The monoisotopic (exact) mass is 379 g/mol. The van der Waals surface area contributed by atoms with Crippen molar-refractivity contribution >= 4 is 38.9 Å². The molecule has 1 fully saturated rings. The molecule has 8 heteroatoms. The predicted molar refractivity (Wildman–Crippen MR) is 98.1 cm³/mol. The van der Waals surface area contributed by atoms with Crippen LogP contribution >= 0.6 is 11.6 Å². The van der Waals surface area contributed by atoms with Crippen LogP contribution in [0.25, 0.3) is 0 Å². The number of para-hydroxylation sites is 1. The number of halogens is 1. The first-order valence-corrected chi connectivity index (χ1v) is 10.0. The van der Waals surface area contributed by atoms with Crippen LogP contribution in [0, 0.1) is 0 Å². The first-order chi connectivity index (χ1) is 11.9. The van der Waals surface area contributed by atoms with E-state index in [1.807, 2.05) is 18.2 Å². The number of aromatic nitrogens is 1. The van der Waals surface area contributed by atoms with E-state index < -0.39 is 9.84 Å². The van der Waals surface area contributed by atoms with Gasteiger partial charge in [-0.15, -0.1) is 0 Å². The van der Waals surface area contributed by atoms with Crippen LogP contribution in [0.15, 0.2) is 42.6 Å². The minimum atomic E-state index is -3.03. The van der Waals surface area contributed by atoms with Crippen LogP contribution in [0.4, 0.5) is 11.5 Å². The number of amides is 1. The van der Waals surface area contributed by atoms with Crippen LogP contribution in [0.5, 0.6) is 0 Å². The quantitative estimate of drug-likeness (QED) is 0.883. The molecule has 0 spiro atoms. The molecule has 1 atom stereocenters. The van der Waals surface area contributed by atoms with Gasteiger partial charge in [0.15, 0.2) is 9.84 Å². The third kappa shape index (κ3) is 4.11. The van der Waals surface area contributed by atoms with Gasteiger partial charge in [-0.25, -0.2) is 13.4 Å². The molecule has 1 N–H and O–H groups in total. The van der Waals surface area contributed by atoms with Gasteiger partial charge in [-0.2, -0.15) is 0 Å². The number of anilines is 2. The molecule has 1 amide bonds. The molecular weight excluding hydrogens is 362 g/mol. The number of nitrogens with one attached hydrogen (secondary N) is 1. The molecule has 1 unspecified atom stereocenters. The van der Waals surface area contributed by atoms with E-state index in [0.717, 1.165) is 5.69 Å². The van der Waals surface area contributed by atoms with E-state index in [9.17, 15) is 13.2 Å². The highest BCUT2D eigenvalue weighted by Gasteiger charge is 2.33. The molecule has 0 radical (unpaired) electrons. The predicted octanol–water partition coefficient (Wildman–Crippen LogP) is 2.74. The topological polar surface area (TPSA) is 79.4 Å². The van der Waals surface area contributed by atoms with E-state index in [2.05, 4.69) is 10.3 Å². The van der Waals surface area contributed by atoms with E-state index in [4.69, 9.17) is 11.6 Å². The largest absolute Gasteiger partial charge is 0.339 e. The van der Waals surface area contributed by atoms with Crippen molar-refractivity contribution < 1.29 is 13.2 Å². The lowest BCUT2D eigenvalue weighted by Gasteiger charge is -2.23. The Balaban J connectivity index is 1.69. The zero-order chi connectivity index (χ0) is 18.0. The van der Waals surface area contributed by atoms with Crippen molar-refractivity contribution in [2.75, 3.05) is 23.9 Å². The molecule has 2 heterocycles. The van der Waals surface area contributed by atoms with Gasteiger partial charge in [-0.3, -0.25) is 4.79 Å². The maximum atomic E-state index is 12.5. The molecule has 1 aromatic heterocycles. The molecule has 0 bridgehead atoms. The number of nitrogens with zero attached hydrogens (tertiary/aromatic N) is 2. The van der Waals surface area contributed by atoms with Crippen LogP contribution in [0.3, 0.4) is 0 Å². The number of hydrogen-bond donors (Lipinski definition) is 1. The van der Waals surface area contributed by atoms with E-state index >= 15 is 0 Å². The number of rotatable bonds is 4. The zero-order valence-electron chi connectivity index (χ0n) is 13.6. The summed E-state index contributed by atoms with van der Waals surface area (Å²) in [6.45, 7) is 0. The standard InChI is InChI=1S/C17H18ClN3O3S/c1-21(13-8-9-25(23,24)11-13)17(22)12-6-7-16(19-10-12)20-15-5-3-2-4-14(15)18/h2-7,10,13H,8-9,11H2,1H3,(H,19,20). The highest BCUT2D eigenvalue weighted by atomic mass is 35.5. The molecule has 1 aliphatic rings. The highest BCUT2D eigenvalue weighted by Crippen LogP contribution is 2.24. The summed E-state index contributed by atoms with van der Waals surface area (Å²) in [5.41, 5.74) is 1.14. The minimum absolute atomic E-state index is 0.0226. The van der Waals surface area contributed by atoms with Crippen molar-refractivity contribution in [3.63, 3.8) is 0 Å². The van der Waals surface area contributed by atoms with Gasteiger partial charge in [0.1, 0.15) is 5.82 Å². The number of sulfone groups is 1. The van der Waals surface area contributed by atoms with Crippen LogP contribution in [-0.4, -0.2) is 48.8 Å². The Morgan fingerprint density at radius 3 is 2.64 bits per heavy atom. The van der Waals surface area contributed by atoms with Gasteiger partial charge in [0, 0.05) is 19.3 Å². The molecule has 3 rings (SSSR count). The summed E-state index contributed by atoms with van der Waals surface area (Å²) >= 11 is 6.09. The second kappa shape index (κ2) is 7.01. The average molecular weight is 380 g/mol. The summed E-state index contributed by atoms with van der Waals surface area (Å²) in [5, 5.41) is 3.66. The van der Waals surface area contributed by atoms with Crippen molar-refractivity contribution in [2.45, 2.75) is 12.5 Å². The molecule has 1 saturated heterocycles. The lowest BCUT2D eigenvalue weighted by atomic mass is 10.2. The first kappa shape index (κ1) is 17.7. The second-order valence-electron chi connectivity index (χ2n) is 6.01. The Bertz CT molecular complexity index is 884. The van der Waals surface area contributed by atoms with E-state index in [1.54, 1.807) is 25.2 Å². The highest BCUT2D eigenvalue weighted by molar-refractivity contribution is 7.91. The second-order valence-corrected chi connectivity index (χ2v) is 8.65. The van der Waals surface area contributed by atoms with E-state index in [-0.39, 0.29) is 23.5 Å². The van der Waals surface area contributed by atoms with Gasteiger partial charge in [0.05, 0.1) is 27.8 Å². The number of benzene rings is 1. The normalized spacial score (nSPS) is 18.7. The fraction of sp³-hybridized carbons (Fsp3) is 0.294. The molecule has 0 aliphatic carbocycles. The summed E-state index contributed by atoms with van der Waals surface area (Å²) in [6.07, 6.45) is 1.95. The van der Waals surface area contributed by atoms with Crippen molar-refractivity contribution in [3.05, 3.63) is 53.2 Å². The van der Waals surface area contributed by atoms with Crippen LogP contribution in [0.2, 0.25) is 5.02 Å². The van der Waals surface area contributed by atoms with Gasteiger partial charge in [0.25, 0.3) is 5.91 Å². The fourth-order valence-electron chi connectivity index (χ4n) is 2.75. The number of carbonyl (C=O) groups excluding carboxylic acids is 1. The molecule has 1 aromatic carbocycles. The fourth-order valence-corrected chi connectivity index (χ4v) is 4.70. The summed E-state index contributed by atoms with van der Waals surface area (Å²) in [5.74, 6) is 0.484. The van der Waals surface area contributed by atoms with Gasteiger partial charge in [-0.05, 0) is 30.7 Å². The maximum absolute atomic E-state index is 12.5. The summed E-state index contributed by atoms with van der Waals surface area (Å²) < 4.78 is 23.2. The van der Waals surface area contributed by atoms with Gasteiger partial charge < -0.3 is 10.2 Å². The molecule has 1 aliphatic heterocycles. The third-order valence-corrected chi connectivity index (χ3v) is 6.30. The van der Waals surface area contributed by atoms with Gasteiger partial charge in [0.2, 0.25) is 0 Å². The average Bonchev–Trinajstić information content (AvgIpc) is 2.96. The maximum Gasteiger partial charge on any atom is 0.255 e. The Labute approximate surface area is 151 Å². The summed E-state index contributed by atoms with van der Waals surface area (Å²) in [4.78, 5) is 18.2. The molecule has 6 nitrogen and oxygen atoms in total. The van der Waals surface area contributed by atoms with Crippen LogP contribution < -0.4 is 5.32 Å². The summed E-state index contributed by atoms with van der Waals surface area (Å²) in [7, 11) is -1.40. The Morgan fingerprint density at radius 2 is 2.04 bits per heavy atom. The third-order valence-electron chi connectivity index (χ3n) is 4.22. The molecule has 25 heavy (non-hydrogen) atoms. The van der Waals surface area contributed by atoms with E-state index in [0.29, 0.717) is 22.8 Å². The smallest absolute Gasteiger partial charge is 0.255 e. The molecule has 132 valence electrons.